The predicted octanol–water partition coefficient (Wildman–Crippen LogP) is 4.94. The highest BCUT2D eigenvalue weighted by atomic mass is 32.1. The number of thiophene rings is 1. The minimum atomic E-state index is -0.187. The van der Waals surface area contributed by atoms with Gasteiger partial charge in [0.05, 0.1) is 9.75 Å². The number of Topliss-reactive ketones (excluding diaryl/α,β-unsaturated/α-hetero) is 2. The third-order valence-corrected chi connectivity index (χ3v) is 7.56. The predicted molar refractivity (Wildman–Crippen MR) is 119 cm³/mol. The van der Waals surface area contributed by atoms with Crippen molar-refractivity contribution in [2.45, 2.75) is 32.6 Å². The number of hydrogen-bond donors (Lipinski definition) is 0. The third kappa shape index (κ3) is 3.18. The van der Waals surface area contributed by atoms with Gasteiger partial charge in [0.1, 0.15) is 0 Å². The molecule has 2 heterocycles. The zero-order valence-electron chi connectivity index (χ0n) is 16.9. The maximum absolute atomic E-state index is 13.5. The molecule has 2 aliphatic rings. The Hall–Kier alpha value is -2.79. The van der Waals surface area contributed by atoms with Crippen LogP contribution >= 0.6 is 11.3 Å². The van der Waals surface area contributed by atoms with Crippen molar-refractivity contribution >= 4 is 39.6 Å². The van der Waals surface area contributed by atoms with E-state index in [9.17, 15) is 14.4 Å². The summed E-state index contributed by atoms with van der Waals surface area (Å²) in [6, 6.07) is 13.8. The fourth-order valence-corrected chi connectivity index (χ4v) is 5.72. The van der Waals surface area contributed by atoms with Gasteiger partial charge in [-0.25, -0.2) is 0 Å². The molecule has 1 aromatic heterocycles. The number of carbonyl (C=O) groups is 3. The second kappa shape index (κ2) is 7.47. The normalized spacial score (nSPS) is 18.0. The van der Waals surface area contributed by atoms with Crippen LogP contribution in [0.1, 0.15) is 60.6 Å². The first-order valence-corrected chi connectivity index (χ1v) is 11.3. The van der Waals surface area contributed by atoms with E-state index in [0.717, 1.165) is 36.6 Å². The Balaban J connectivity index is 1.40. The zero-order chi connectivity index (χ0) is 20.8. The second-order valence-corrected chi connectivity index (χ2v) is 9.37. The van der Waals surface area contributed by atoms with Crippen LogP contribution < -0.4 is 0 Å². The largest absolute Gasteiger partial charge is 0.337 e. The monoisotopic (exact) mass is 417 g/mol. The van der Waals surface area contributed by atoms with Crippen LogP contribution in [0.5, 0.6) is 0 Å². The van der Waals surface area contributed by atoms with Crippen LogP contribution in [0.2, 0.25) is 0 Å². The van der Waals surface area contributed by atoms with Crippen molar-refractivity contribution in [1.82, 2.24) is 4.90 Å². The quantitative estimate of drug-likeness (QED) is 0.565. The fraction of sp³-hybridized carbons (Fsp3) is 0.320. The lowest BCUT2D eigenvalue weighted by Gasteiger charge is -2.32. The Morgan fingerprint density at radius 3 is 2.50 bits per heavy atom. The number of hydrogen-bond acceptors (Lipinski definition) is 4. The van der Waals surface area contributed by atoms with Crippen LogP contribution in [-0.2, 0) is 12.8 Å². The van der Waals surface area contributed by atoms with E-state index in [0.29, 0.717) is 22.8 Å². The molecule has 0 unspecified atom stereocenters. The van der Waals surface area contributed by atoms with Crippen molar-refractivity contribution in [3.8, 4) is 0 Å². The molecule has 4 nitrogen and oxygen atoms in total. The Bertz CT molecular complexity index is 1180. The Morgan fingerprint density at radius 1 is 0.967 bits per heavy atom. The molecule has 0 radical (unpaired) electrons. The molecule has 1 amide bonds. The van der Waals surface area contributed by atoms with Gasteiger partial charge in [-0.05, 0) is 66.6 Å². The summed E-state index contributed by atoms with van der Waals surface area (Å²) < 4.78 is 0. The van der Waals surface area contributed by atoms with Gasteiger partial charge in [-0.3, -0.25) is 14.4 Å². The Kier molecular flexibility index (Phi) is 4.78. The highest BCUT2D eigenvalue weighted by Crippen LogP contribution is 2.34. The van der Waals surface area contributed by atoms with Gasteiger partial charge in [0, 0.05) is 24.6 Å². The van der Waals surface area contributed by atoms with Crippen LogP contribution in [0.3, 0.4) is 0 Å². The SMILES string of the molecule is CC(=O)c1ccc(C(=O)N2CCC[C@H](C(=O)c3ccc4c5c(cccc35)CC4)C2)s1. The molecule has 1 fully saturated rings. The van der Waals surface area contributed by atoms with Crippen molar-refractivity contribution < 1.29 is 14.4 Å². The fourth-order valence-electron chi connectivity index (χ4n) is 4.86. The van der Waals surface area contributed by atoms with Gasteiger partial charge in [0.2, 0.25) is 0 Å². The van der Waals surface area contributed by atoms with Gasteiger partial charge in [-0.2, -0.15) is 0 Å². The minimum Gasteiger partial charge on any atom is -0.337 e. The lowest BCUT2D eigenvalue weighted by Crippen LogP contribution is -2.42. The Labute approximate surface area is 179 Å². The topological polar surface area (TPSA) is 54.5 Å². The molecule has 152 valence electrons. The molecule has 30 heavy (non-hydrogen) atoms. The van der Waals surface area contributed by atoms with E-state index in [-0.39, 0.29) is 23.4 Å². The maximum Gasteiger partial charge on any atom is 0.263 e. The summed E-state index contributed by atoms with van der Waals surface area (Å²) >= 11 is 1.24. The van der Waals surface area contributed by atoms with Gasteiger partial charge in [-0.1, -0.05) is 30.3 Å². The number of nitrogens with zero attached hydrogens (tertiary/aromatic N) is 1. The number of likely N-dealkylation sites (tertiary alicyclic amines) is 1. The molecule has 0 saturated carbocycles. The first kappa shape index (κ1) is 19.2. The van der Waals surface area contributed by atoms with E-state index < -0.39 is 0 Å². The van der Waals surface area contributed by atoms with Crippen LogP contribution in [0.4, 0.5) is 0 Å². The maximum atomic E-state index is 13.5. The molecule has 1 aliphatic carbocycles. The number of carbonyl (C=O) groups excluding carboxylic acids is 3. The molecule has 0 spiro atoms. The highest BCUT2D eigenvalue weighted by molar-refractivity contribution is 7.15. The van der Waals surface area contributed by atoms with Crippen molar-refractivity contribution in [3.05, 3.63) is 68.9 Å². The average molecular weight is 418 g/mol. The van der Waals surface area contributed by atoms with Crippen LogP contribution in [0, 0.1) is 5.92 Å². The van der Waals surface area contributed by atoms with E-state index in [1.54, 1.807) is 17.0 Å². The van der Waals surface area contributed by atoms with Crippen molar-refractivity contribution in [2.75, 3.05) is 13.1 Å². The summed E-state index contributed by atoms with van der Waals surface area (Å²) in [4.78, 5) is 40.9. The van der Waals surface area contributed by atoms with Crippen molar-refractivity contribution in [1.29, 1.82) is 0 Å². The van der Waals surface area contributed by atoms with E-state index in [2.05, 4.69) is 18.2 Å². The molecule has 1 aliphatic heterocycles. The number of piperidine rings is 1. The zero-order valence-corrected chi connectivity index (χ0v) is 17.8. The molecule has 1 saturated heterocycles. The van der Waals surface area contributed by atoms with E-state index >= 15 is 0 Å². The van der Waals surface area contributed by atoms with Gasteiger partial charge >= 0.3 is 0 Å². The summed E-state index contributed by atoms with van der Waals surface area (Å²) in [6.07, 6.45) is 3.70. The Morgan fingerprint density at radius 2 is 1.73 bits per heavy atom. The molecule has 0 N–H and O–H groups in total. The van der Waals surface area contributed by atoms with Crippen LogP contribution in [-0.4, -0.2) is 35.5 Å². The first-order valence-electron chi connectivity index (χ1n) is 10.5. The summed E-state index contributed by atoms with van der Waals surface area (Å²) in [6.45, 7) is 2.60. The molecular weight excluding hydrogens is 394 g/mol. The number of rotatable bonds is 4. The van der Waals surface area contributed by atoms with Gasteiger partial charge in [0.25, 0.3) is 5.91 Å². The van der Waals surface area contributed by atoms with Crippen molar-refractivity contribution in [3.63, 3.8) is 0 Å². The summed E-state index contributed by atoms with van der Waals surface area (Å²) in [5.74, 6) is -0.157. The average Bonchev–Trinajstić information content (AvgIpc) is 3.42. The third-order valence-electron chi connectivity index (χ3n) is 6.39. The smallest absolute Gasteiger partial charge is 0.263 e. The molecule has 0 bridgehead atoms. The summed E-state index contributed by atoms with van der Waals surface area (Å²) in [7, 11) is 0. The summed E-state index contributed by atoms with van der Waals surface area (Å²) in [5, 5.41) is 2.31. The summed E-state index contributed by atoms with van der Waals surface area (Å²) in [5.41, 5.74) is 3.44. The van der Waals surface area contributed by atoms with E-state index in [4.69, 9.17) is 0 Å². The molecule has 5 rings (SSSR count). The molecule has 1 atom stereocenters. The van der Waals surface area contributed by atoms with Gasteiger partial charge in [0.15, 0.2) is 11.6 Å². The van der Waals surface area contributed by atoms with Gasteiger partial charge < -0.3 is 4.90 Å². The van der Waals surface area contributed by atoms with Crippen molar-refractivity contribution in [2.24, 2.45) is 5.92 Å². The highest BCUT2D eigenvalue weighted by Gasteiger charge is 2.31. The number of aryl methyl sites for hydroxylation is 2. The minimum absolute atomic E-state index is 0.0298. The lowest BCUT2D eigenvalue weighted by atomic mass is 9.87. The number of amides is 1. The molecular formula is C25H23NO3S. The number of benzene rings is 2. The lowest BCUT2D eigenvalue weighted by molar-refractivity contribution is 0.0641. The van der Waals surface area contributed by atoms with Crippen LogP contribution in [0.25, 0.3) is 10.8 Å². The molecule has 5 heteroatoms. The van der Waals surface area contributed by atoms with E-state index in [1.807, 2.05) is 12.1 Å². The van der Waals surface area contributed by atoms with E-state index in [1.165, 1.54) is 34.8 Å². The first-order chi connectivity index (χ1) is 14.5. The number of ketones is 2. The molecule has 2 aromatic carbocycles. The molecule has 3 aromatic rings. The second-order valence-electron chi connectivity index (χ2n) is 8.29. The van der Waals surface area contributed by atoms with Crippen LogP contribution in [0.15, 0.2) is 42.5 Å². The standard InChI is InChI=1S/C25H23NO3S/c1-15(27)21-11-12-22(30-21)25(29)26-13-3-5-18(14-26)24(28)20-10-9-17-8-7-16-4-2-6-19(20)23(16)17/h2,4,6,9-12,18H,3,5,7-8,13-14H2,1H3/t18-/m0/s1. The van der Waals surface area contributed by atoms with Gasteiger partial charge in [-0.15, -0.1) is 11.3 Å².